The highest BCUT2D eigenvalue weighted by Gasteiger charge is 2.49. The maximum Gasteiger partial charge on any atom is 0.325 e. The third kappa shape index (κ3) is 2.87. The van der Waals surface area contributed by atoms with E-state index in [1.165, 1.54) is 0 Å². The van der Waals surface area contributed by atoms with E-state index in [0.717, 1.165) is 11.3 Å². The minimum absolute atomic E-state index is 0.0580. The molecule has 1 aliphatic rings. The highest BCUT2D eigenvalue weighted by molar-refractivity contribution is 6.30. The van der Waals surface area contributed by atoms with Gasteiger partial charge in [0.25, 0.3) is 5.91 Å². The van der Waals surface area contributed by atoms with Crippen molar-refractivity contribution in [2.75, 3.05) is 0 Å². The van der Waals surface area contributed by atoms with Gasteiger partial charge in [0.15, 0.2) is 5.82 Å². The summed E-state index contributed by atoms with van der Waals surface area (Å²) in [5.41, 5.74) is -0.554. The topological polar surface area (TPSA) is 88.3 Å². The number of aryl methyl sites for hydroxylation is 1. The molecule has 3 amide bonds. The van der Waals surface area contributed by atoms with E-state index in [1.54, 1.807) is 31.2 Å². The Morgan fingerprint density at radius 1 is 1.38 bits per heavy atom. The van der Waals surface area contributed by atoms with Gasteiger partial charge in [0.05, 0.1) is 0 Å². The van der Waals surface area contributed by atoms with Gasteiger partial charge in [-0.3, -0.25) is 9.69 Å². The molecule has 2 aromatic rings. The number of carbonyl (C=O) groups excluding carboxylic acids is 2. The molecular weight excluding hydrogens is 332 g/mol. The van der Waals surface area contributed by atoms with E-state index in [2.05, 4.69) is 15.5 Å². The van der Waals surface area contributed by atoms with Crippen LogP contribution >= 0.6 is 11.6 Å². The monoisotopic (exact) mass is 348 g/mol. The van der Waals surface area contributed by atoms with E-state index in [0.29, 0.717) is 22.8 Å². The number of urea groups is 1. The van der Waals surface area contributed by atoms with Gasteiger partial charge in [-0.05, 0) is 31.0 Å². The molecule has 7 nitrogen and oxygen atoms in total. The molecule has 1 N–H and O–H groups in total. The minimum Gasteiger partial charge on any atom is -0.337 e. The summed E-state index contributed by atoms with van der Waals surface area (Å²) in [7, 11) is 0. The molecule has 0 spiro atoms. The van der Waals surface area contributed by atoms with E-state index in [9.17, 15) is 9.59 Å². The summed E-state index contributed by atoms with van der Waals surface area (Å²) in [6.45, 7) is 3.59. The number of rotatable bonds is 5. The molecule has 1 aromatic heterocycles. The van der Waals surface area contributed by atoms with Crippen LogP contribution in [-0.2, 0) is 23.3 Å². The smallest absolute Gasteiger partial charge is 0.325 e. The van der Waals surface area contributed by atoms with Gasteiger partial charge in [0, 0.05) is 11.4 Å². The highest BCUT2D eigenvalue weighted by atomic mass is 35.5. The molecule has 0 unspecified atom stereocenters. The number of halogens is 1. The Morgan fingerprint density at radius 3 is 2.88 bits per heavy atom. The molecule has 0 aliphatic carbocycles. The van der Waals surface area contributed by atoms with Crippen molar-refractivity contribution >= 4 is 23.5 Å². The van der Waals surface area contributed by atoms with Gasteiger partial charge < -0.3 is 9.84 Å². The number of hydrogen-bond donors (Lipinski definition) is 1. The number of nitrogens with one attached hydrogen (secondary N) is 1. The van der Waals surface area contributed by atoms with Crippen molar-refractivity contribution in [3.63, 3.8) is 0 Å². The van der Waals surface area contributed by atoms with Crippen LogP contribution in [0.5, 0.6) is 0 Å². The maximum atomic E-state index is 12.8. The molecule has 1 atom stereocenters. The Balaban J connectivity index is 1.83. The van der Waals surface area contributed by atoms with Gasteiger partial charge in [-0.15, -0.1) is 0 Å². The summed E-state index contributed by atoms with van der Waals surface area (Å²) < 4.78 is 5.11. The number of hydrogen-bond acceptors (Lipinski definition) is 5. The number of imide groups is 1. The molecule has 1 saturated heterocycles. The lowest BCUT2D eigenvalue weighted by Gasteiger charge is -2.22. The van der Waals surface area contributed by atoms with Crippen LogP contribution in [-0.4, -0.2) is 27.0 Å². The third-order valence-corrected chi connectivity index (χ3v) is 4.19. The van der Waals surface area contributed by atoms with Gasteiger partial charge in [-0.1, -0.05) is 35.8 Å². The molecule has 24 heavy (non-hydrogen) atoms. The first-order valence-electron chi connectivity index (χ1n) is 7.65. The molecule has 0 radical (unpaired) electrons. The largest absolute Gasteiger partial charge is 0.337 e. The Morgan fingerprint density at radius 2 is 2.17 bits per heavy atom. The highest BCUT2D eigenvalue weighted by Crippen LogP contribution is 2.30. The minimum atomic E-state index is -1.17. The lowest BCUT2D eigenvalue weighted by atomic mass is 9.92. The van der Waals surface area contributed by atoms with Crippen LogP contribution in [0.3, 0.4) is 0 Å². The predicted octanol–water partition coefficient (Wildman–Crippen LogP) is 2.64. The lowest BCUT2D eigenvalue weighted by Crippen LogP contribution is -2.40. The molecule has 3 rings (SSSR count). The van der Waals surface area contributed by atoms with Crippen molar-refractivity contribution in [2.24, 2.45) is 0 Å². The van der Waals surface area contributed by atoms with Gasteiger partial charge in [-0.2, -0.15) is 4.98 Å². The standard InChI is InChI=1S/C16H17ClN4O3/c1-3-5-12-18-13(24-20-12)9-21-14(22)16(2,19-15(21)23)10-6-4-7-11(17)8-10/h4,6-8H,3,5,9H2,1-2H3,(H,19,23)/t16-/m1/s1. The van der Waals surface area contributed by atoms with Crippen LogP contribution in [0.25, 0.3) is 0 Å². The molecule has 8 heteroatoms. The Labute approximate surface area is 144 Å². The van der Waals surface area contributed by atoms with Gasteiger partial charge in [-0.25, -0.2) is 4.79 Å². The number of nitrogens with zero attached hydrogens (tertiary/aromatic N) is 3. The van der Waals surface area contributed by atoms with Crippen LogP contribution in [0, 0.1) is 0 Å². The van der Waals surface area contributed by atoms with E-state index in [-0.39, 0.29) is 18.3 Å². The van der Waals surface area contributed by atoms with Crippen LogP contribution in [0.4, 0.5) is 4.79 Å². The molecule has 0 bridgehead atoms. The van der Waals surface area contributed by atoms with E-state index in [4.69, 9.17) is 16.1 Å². The van der Waals surface area contributed by atoms with Crippen LogP contribution in [0.2, 0.25) is 5.02 Å². The first kappa shape index (κ1) is 16.4. The van der Waals surface area contributed by atoms with Crippen molar-refractivity contribution < 1.29 is 14.1 Å². The average Bonchev–Trinajstić information content (AvgIpc) is 3.07. The van der Waals surface area contributed by atoms with Crippen molar-refractivity contribution in [2.45, 2.75) is 38.8 Å². The van der Waals surface area contributed by atoms with Crippen molar-refractivity contribution in [3.05, 3.63) is 46.6 Å². The summed E-state index contributed by atoms with van der Waals surface area (Å²) in [6, 6.07) is 6.36. The molecule has 1 aliphatic heterocycles. The number of benzene rings is 1. The fourth-order valence-corrected chi connectivity index (χ4v) is 2.84. The molecule has 2 heterocycles. The van der Waals surface area contributed by atoms with Crippen LogP contribution in [0.1, 0.15) is 37.5 Å². The first-order valence-corrected chi connectivity index (χ1v) is 8.03. The normalized spacial score (nSPS) is 20.5. The maximum absolute atomic E-state index is 12.8. The second kappa shape index (κ2) is 6.24. The fourth-order valence-electron chi connectivity index (χ4n) is 2.65. The number of carbonyl (C=O) groups is 2. The zero-order chi connectivity index (χ0) is 17.3. The second-order valence-corrected chi connectivity index (χ2v) is 6.25. The van der Waals surface area contributed by atoms with Gasteiger partial charge >= 0.3 is 6.03 Å². The Bertz CT molecular complexity index is 791. The molecule has 126 valence electrons. The second-order valence-electron chi connectivity index (χ2n) is 5.81. The number of aromatic nitrogens is 2. The summed E-state index contributed by atoms with van der Waals surface area (Å²) in [5.74, 6) is 0.416. The average molecular weight is 349 g/mol. The molecule has 1 aromatic carbocycles. The third-order valence-electron chi connectivity index (χ3n) is 3.95. The molecule has 1 fully saturated rings. The lowest BCUT2D eigenvalue weighted by molar-refractivity contribution is -0.131. The summed E-state index contributed by atoms with van der Waals surface area (Å²) >= 11 is 6.00. The molecule has 0 saturated carbocycles. The van der Waals surface area contributed by atoms with Crippen LogP contribution in [0.15, 0.2) is 28.8 Å². The van der Waals surface area contributed by atoms with Gasteiger partial charge in [0.1, 0.15) is 12.1 Å². The Hall–Kier alpha value is -2.41. The zero-order valence-corrected chi connectivity index (χ0v) is 14.1. The Kier molecular flexibility index (Phi) is 4.28. The van der Waals surface area contributed by atoms with E-state index in [1.807, 2.05) is 6.92 Å². The number of amides is 3. The quantitative estimate of drug-likeness (QED) is 0.839. The predicted molar refractivity (Wildman–Crippen MR) is 86.2 cm³/mol. The zero-order valence-electron chi connectivity index (χ0n) is 13.4. The van der Waals surface area contributed by atoms with Crippen LogP contribution < -0.4 is 5.32 Å². The summed E-state index contributed by atoms with van der Waals surface area (Å²) in [5, 5.41) is 7.04. The molecular formula is C16H17ClN4O3. The van der Waals surface area contributed by atoms with E-state index >= 15 is 0 Å². The van der Waals surface area contributed by atoms with E-state index < -0.39 is 11.6 Å². The van der Waals surface area contributed by atoms with Gasteiger partial charge in [0.2, 0.25) is 5.89 Å². The van der Waals surface area contributed by atoms with Crippen molar-refractivity contribution in [3.8, 4) is 0 Å². The van der Waals surface area contributed by atoms with Crippen molar-refractivity contribution in [1.82, 2.24) is 20.4 Å². The SMILES string of the molecule is CCCc1noc(CN2C(=O)N[C@](C)(c3cccc(Cl)c3)C2=O)n1. The first-order chi connectivity index (χ1) is 11.4. The summed E-state index contributed by atoms with van der Waals surface area (Å²) in [6.07, 6.45) is 1.57. The van der Waals surface area contributed by atoms with Crippen molar-refractivity contribution in [1.29, 1.82) is 0 Å². The summed E-state index contributed by atoms with van der Waals surface area (Å²) in [4.78, 5) is 30.3. The fraction of sp³-hybridized carbons (Fsp3) is 0.375.